The summed E-state index contributed by atoms with van der Waals surface area (Å²) in [6.45, 7) is 9.19. The van der Waals surface area contributed by atoms with Crippen molar-refractivity contribution in [2.24, 2.45) is 5.92 Å². The largest absolute Gasteiger partial charge is 0.367 e. The minimum absolute atomic E-state index is 0.00597. The van der Waals surface area contributed by atoms with Crippen molar-refractivity contribution in [3.63, 3.8) is 0 Å². The first-order valence-corrected chi connectivity index (χ1v) is 14.2. The quantitative estimate of drug-likeness (QED) is 0.523. The highest BCUT2D eigenvalue weighted by Gasteiger charge is 2.44. The minimum atomic E-state index is -0.437. The van der Waals surface area contributed by atoms with Crippen molar-refractivity contribution in [2.45, 2.75) is 58.2 Å². The van der Waals surface area contributed by atoms with Crippen LogP contribution < -0.4 is 10.2 Å². The van der Waals surface area contributed by atoms with E-state index in [1.165, 1.54) is 18.6 Å². The molecule has 3 aliphatic rings. The summed E-state index contributed by atoms with van der Waals surface area (Å²) in [4.78, 5) is 37.2. The molecule has 3 atom stereocenters. The monoisotopic (exact) mass is 532 g/mol. The van der Waals surface area contributed by atoms with Gasteiger partial charge < -0.3 is 24.4 Å². The zero-order chi connectivity index (χ0) is 27.3. The molecule has 1 aliphatic carbocycles. The number of carbonyl (C=O) groups is 2. The molecule has 1 saturated carbocycles. The van der Waals surface area contributed by atoms with Crippen LogP contribution in [0.4, 0.5) is 10.1 Å². The van der Waals surface area contributed by atoms with Gasteiger partial charge in [0.1, 0.15) is 5.82 Å². The van der Waals surface area contributed by atoms with Gasteiger partial charge in [0, 0.05) is 56.6 Å². The molecule has 3 fully saturated rings. The van der Waals surface area contributed by atoms with E-state index in [1.807, 2.05) is 36.3 Å². The lowest BCUT2D eigenvalue weighted by atomic mass is 9.97. The number of halogens is 1. The molecule has 6 rings (SSSR count). The molecule has 0 radical (unpaired) electrons. The van der Waals surface area contributed by atoms with Gasteiger partial charge in [-0.05, 0) is 69.7 Å². The van der Waals surface area contributed by atoms with Crippen LogP contribution in [0.5, 0.6) is 0 Å². The zero-order valence-corrected chi connectivity index (χ0v) is 22.9. The minimum Gasteiger partial charge on any atom is -0.367 e. The Morgan fingerprint density at radius 2 is 1.92 bits per heavy atom. The van der Waals surface area contributed by atoms with Gasteiger partial charge in [-0.1, -0.05) is 6.07 Å². The second kappa shape index (κ2) is 10.3. The molecule has 2 saturated heterocycles. The number of pyridine rings is 1. The number of fused-ring (bicyclic) bond motifs is 3. The van der Waals surface area contributed by atoms with Crippen molar-refractivity contribution in [2.75, 3.05) is 37.6 Å². The maximum absolute atomic E-state index is 14.4. The topological polar surface area (TPSA) is 73.2 Å². The van der Waals surface area contributed by atoms with Crippen molar-refractivity contribution >= 4 is 23.0 Å². The van der Waals surface area contributed by atoms with Gasteiger partial charge in [-0.25, -0.2) is 9.37 Å². The van der Waals surface area contributed by atoms with Crippen molar-refractivity contribution in [3.8, 4) is 11.1 Å². The number of nitrogens with one attached hydrogen (secondary N) is 1. The third-order valence-corrected chi connectivity index (χ3v) is 8.82. The van der Waals surface area contributed by atoms with Gasteiger partial charge in [-0.3, -0.25) is 9.59 Å². The summed E-state index contributed by atoms with van der Waals surface area (Å²) < 4.78 is 16.4. The van der Waals surface area contributed by atoms with Gasteiger partial charge in [0.2, 0.25) is 5.91 Å². The molecule has 2 amide bonds. The molecule has 9 heteroatoms. The Hall–Kier alpha value is -3.46. The smallest absolute Gasteiger partial charge is 0.254 e. The first kappa shape index (κ1) is 25.8. The zero-order valence-electron chi connectivity index (χ0n) is 22.9. The highest BCUT2D eigenvalue weighted by Crippen LogP contribution is 2.37. The van der Waals surface area contributed by atoms with Crippen LogP contribution in [0.15, 0.2) is 43.0 Å². The van der Waals surface area contributed by atoms with Crippen LogP contribution in [-0.2, 0) is 4.79 Å². The number of anilines is 1. The van der Waals surface area contributed by atoms with E-state index in [4.69, 9.17) is 0 Å². The fraction of sp³-hybridized carbons (Fsp3) is 0.500. The second-order valence-electron chi connectivity index (χ2n) is 11.4. The third kappa shape index (κ3) is 4.67. The van der Waals surface area contributed by atoms with E-state index in [0.29, 0.717) is 42.7 Å². The Balaban J connectivity index is 1.28. The fourth-order valence-electron chi connectivity index (χ4n) is 6.75. The molecule has 1 N–H and O–H groups in total. The Bertz CT molecular complexity index is 1400. The van der Waals surface area contributed by atoms with Crippen LogP contribution in [0.3, 0.4) is 0 Å². The third-order valence-electron chi connectivity index (χ3n) is 8.82. The van der Waals surface area contributed by atoms with Gasteiger partial charge in [0.25, 0.3) is 5.91 Å². The average Bonchev–Trinajstić information content (AvgIpc) is 3.70. The number of imidazole rings is 1. The first-order chi connectivity index (χ1) is 18.8. The lowest BCUT2D eigenvalue weighted by Crippen LogP contribution is -2.55. The number of amides is 2. The summed E-state index contributed by atoms with van der Waals surface area (Å²) in [5.74, 6) is 0.103. The van der Waals surface area contributed by atoms with Gasteiger partial charge in [0.15, 0.2) is 0 Å². The molecular weight excluding hydrogens is 495 g/mol. The van der Waals surface area contributed by atoms with Gasteiger partial charge in [-0.15, -0.1) is 0 Å². The molecule has 3 aromatic rings. The molecule has 8 nitrogen and oxygen atoms in total. The molecule has 0 unspecified atom stereocenters. The Morgan fingerprint density at radius 1 is 1.13 bits per heavy atom. The highest BCUT2D eigenvalue weighted by molar-refractivity contribution is 6.03. The Morgan fingerprint density at radius 3 is 2.59 bits per heavy atom. The molecule has 1 aromatic carbocycles. The molecule has 0 spiro atoms. The number of benzene rings is 1. The molecule has 4 heterocycles. The fourth-order valence-corrected chi connectivity index (χ4v) is 6.75. The maximum Gasteiger partial charge on any atom is 0.254 e. The van der Waals surface area contributed by atoms with E-state index in [9.17, 15) is 14.0 Å². The summed E-state index contributed by atoms with van der Waals surface area (Å²) in [5, 5.41) is 3.54. The van der Waals surface area contributed by atoms with E-state index in [2.05, 4.69) is 21.3 Å². The van der Waals surface area contributed by atoms with Crippen LogP contribution >= 0.6 is 0 Å². The van der Waals surface area contributed by atoms with Gasteiger partial charge >= 0.3 is 0 Å². The Labute approximate surface area is 228 Å². The summed E-state index contributed by atoms with van der Waals surface area (Å²) in [6.07, 6.45) is 9.04. The normalized spacial score (nSPS) is 22.7. The predicted octanol–water partition coefficient (Wildman–Crippen LogP) is 3.80. The van der Waals surface area contributed by atoms with Crippen LogP contribution in [0.25, 0.3) is 16.6 Å². The van der Waals surface area contributed by atoms with Crippen molar-refractivity contribution in [3.05, 3.63) is 54.4 Å². The molecule has 2 aliphatic heterocycles. The standard InChI is InChI=1S/C30H37FN6O2/c1-4-37(19(2)3)29(38)26-14-21(31)6-8-24(26)25-15-23(17-36-18-32-16-27(25)36)34-9-11-35(12-10-34)30(39)28-20-5-7-22(13-20)33-28/h6,8,14-20,22,28,33H,4-5,7,9-13H2,1-3H3/t20-,22+,28-/m0/s1. The van der Waals surface area contributed by atoms with E-state index < -0.39 is 5.82 Å². The summed E-state index contributed by atoms with van der Waals surface area (Å²) in [5.41, 5.74) is 3.70. The number of hydrogen-bond donors (Lipinski definition) is 1. The summed E-state index contributed by atoms with van der Waals surface area (Å²) >= 11 is 0. The van der Waals surface area contributed by atoms with Crippen LogP contribution in [0.1, 0.15) is 50.4 Å². The number of piperidine rings is 1. The molecule has 2 bridgehead atoms. The first-order valence-electron chi connectivity index (χ1n) is 14.2. The van der Waals surface area contributed by atoms with Crippen molar-refractivity contribution < 1.29 is 14.0 Å². The van der Waals surface area contributed by atoms with Gasteiger partial charge in [0.05, 0.1) is 35.3 Å². The summed E-state index contributed by atoms with van der Waals surface area (Å²) in [7, 11) is 0. The maximum atomic E-state index is 14.4. The highest BCUT2D eigenvalue weighted by atomic mass is 19.1. The lowest BCUT2D eigenvalue weighted by molar-refractivity contribution is -0.134. The molecule has 206 valence electrons. The van der Waals surface area contributed by atoms with Crippen molar-refractivity contribution in [1.29, 1.82) is 0 Å². The molecule has 2 aromatic heterocycles. The SMILES string of the molecule is CCN(C(=O)c1cc(F)ccc1-c1cc(N2CCN(C(=O)[C@H]3N[C@@H]4CC[C@H]3C4)CC2)cn2cncc12)C(C)C. The summed E-state index contributed by atoms with van der Waals surface area (Å²) in [6, 6.07) is 7.00. The van der Waals surface area contributed by atoms with Crippen LogP contribution in [0, 0.1) is 11.7 Å². The van der Waals surface area contributed by atoms with Crippen LogP contribution in [-0.4, -0.2) is 81.8 Å². The molecule has 39 heavy (non-hydrogen) atoms. The van der Waals surface area contributed by atoms with E-state index >= 15 is 0 Å². The van der Waals surface area contributed by atoms with E-state index in [-0.39, 0.29) is 23.9 Å². The number of rotatable bonds is 6. The van der Waals surface area contributed by atoms with Gasteiger partial charge in [-0.2, -0.15) is 0 Å². The number of aromatic nitrogens is 2. The number of nitrogens with zero attached hydrogens (tertiary/aromatic N) is 5. The van der Waals surface area contributed by atoms with Crippen molar-refractivity contribution in [1.82, 2.24) is 24.5 Å². The second-order valence-corrected chi connectivity index (χ2v) is 11.4. The molecular formula is C30H37FN6O2. The number of carbonyl (C=O) groups excluding carboxylic acids is 2. The van der Waals surface area contributed by atoms with E-state index in [0.717, 1.165) is 42.7 Å². The number of hydrogen-bond acceptors (Lipinski definition) is 5. The van der Waals surface area contributed by atoms with E-state index in [1.54, 1.807) is 23.5 Å². The lowest BCUT2D eigenvalue weighted by Gasteiger charge is -2.38. The number of piperazine rings is 1. The Kier molecular flexibility index (Phi) is 6.79. The van der Waals surface area contributed by atoms with Crippen LogP contribution in [0.2, 0.25) is 0 Å². The predicted molar refractivity (Wildman–Crippen MR) is 149 cm³/mol. The average molecular weight is 533 g/mol.